The van der Waals surface area contributed by atoms with Crippen LogP contribution in [0.3, 0.4) is 0 Å². The molecule has 2 aliphatic carbocycles. The first kappa shape index (κ1) is 16.5. The maximum absolute atomic E-state index is 14.3. The van der Waals surface area contributed by atoms with Crippen LogP contribution in [0, 0.1) is 12.7 Å². The van der Waals surface area contributed by atoms with Gasteiger partial charge >= 0.3 is 0 Å². The summed E-state index contributed by atoms with van der Waals surface area (Å²) in [6.45, 7) is -1.22. The highest BCUT2D eigenvalue weighted by Gasteiger charge is 2.45. The largest absolute Gasteiger partial charge is 0.394 e. The topological polar surface area (TPSA) is 138 Å². The van der Waals surface area contributed by atoms with Gasteiger partial charge in [0, 0.05) is 26.8 Å². The van der Waals surface area contributed by atoms with Gasteiger partial charge in [-0.1, -0.05) is 36.0 Å². The van der Waals surface area contributed by atoms with E-state index in [-0.39, 0.29) is 22.9 Å². The van der Waals surface area contributed by atoms with E-state index in [0.29, 0.717) is 28.0 Å². The Morgan fingerprint density at radius 3 is 2.94 bits per heavy atom. The van der Waals surface area contributed by atoms with Gasteiger partial charge in [0.15, 0.2) is 22.1 Å². The van der Waals surface area contributed by atoms with Crippen molar-refractivity contribution >= 4 is 28.7 Å². The van der Waals surface area contributed by atoms with E-state index in [1.165, 1.54) is 6.07 Å². The third-order valence-corrected chi connectivity index (χ3v) is 6.68. The van der Waals surface area contributed by atoms with Gasteiger partial charge in [-0.05, 0) is 37.0 Å². The molecule has 2 aliphatic rings. The molecule has 0 unspecified atom stereocenters. The van der Waals surface area contributed by atoms with Crippen molar-refractivity contribution in [1.82, 2.24) is 25.0 Å². The van der Waals surface area contributed by atoms with Crippen molar-refractivity contribution in [3.8, 4) is 0 Å². The molecule has 4 N–H and O–H groups in total. The van der Waals surface area contributed by atoms with Crippen molar-refractivity contribution in [1.29, 1.82) is 0 Å². The Hall–Kier alpha value is -2.38. The van der Waals surface area contributed by atoms with Gasteiger partial charge < -0.3 is 25.4 Å². The van der Waals surface area contributed by atoms with Gasteiger partial charge in [-0.2, -0.15) is 0 Å². The number of hydrogen-bond donors (Lipinski definition) is 4. The van der Waals surface area contributed by atoms with Crippen LogP contribution in [0.1, 0.15) is 61.5 Å². The molecule has 2 saturated carbocycles. The number of aromatic nitrogens is 5. The van der Waals surface area contributed by atoms with Crippen molar-refractivity contribution in [2.75, 3.05) is 24.2 Å². The van der Waals surface area contributed by atoms with Gasteiger partial charge in [0.2, 0.25) is 0 Å². The highest BCUT2D eigenvalue weighted by atomic mass is 32.2. The highest BCUT2D eigenvalue weighted by Crippen LogP contribution is 2.44. The van der Waals surface area contributed by atoms with Crippen molar-refractivity contribution < 1.29 is 36.8 Å². The lowest BCUT2D eigenvalue weighted by molar-refractivity contribution is -0.0629. The van der Waals surface area contributed by atoms with Gasteiger partial charge in [-0.25, -0.2) is 19.0 Å². The van der Waals surface area contributed by atoms with E-state index in [1.54, 1.807) is 19.1 Å². The van der Waals surface area contributed by atoms with Crippen LogP contribution >= 0.6 is 11.8 Å². The number of halogens is 1. The standard InChI is InChI=1S/C24H31FN6O4S/c1-3-8-36-24-27-22(26-16-10-14(16)13-5-4-12(2)15(25)9-13)19-23(28-24)31(30-29-19)17-11-18(35-7-6-32)21(34)20(17)33/h4-5,9,14,16-18,20-21,32-34H,3,6-8,10-11H2,1-2H3,(H,26,27,28)/t14-,16+,17+,18-,20-,21+/m0/s1/i7D2,11D2,16D,17D,18D,20D,21D. The van der Waals surface area contributed by atoms with E-state index in [2.05, 4.69) is 25.6 Å². The molecule has 0 radical (unpaired) electrons. The van der Waals surface area contributed by atoms with Crippen LogP contribution in [0.4, 0.5) is 10.2 Å². The lowest BCUT2D eigenvalue weighted by Crippen LogP contribution is -2.33. The number of aryl methyl sites for hydroxylation is 1. The number of nitrogens with zero attached hydrogens (tertiary/aromatic N) is 5. The van der Waals surface area contributed by atoms with Crippen LogP contribution in [-0.2, 0) is 4.74 Å². The zero-order valence-corrected chi connectivity index (χ0v) is 20.2. The molecule has 5 rings (SSSR count). The summed E-state index contributed by atoms with van der Waals surface area (Å²) in [5, 5.41) is 42.1. The number of thioether (sulfide) groups is 1. The van der Waals surface area contributed by atoms with Gasteiger partial charge in [-0.3, -0.25) is 0 Å². The second-order valence-corrected chi connectivity index (χ2v) is 9.26. The maximum Gasteiger partial charge on any atom is 0.191 e. The minimum Gasteiger partial charge on any atom is -0.394 e. The van der Waals surface area contributed by atoms with Gasteiger partial charge in [-0.15, -0.1) is 5.10 Å². The van der Waals surface area contributed by atoms with Gasteiger partial charge in [0.25, 0.3) is 0 Å². The van der Waals surface area contributed by atoms with E-state index in [0.717, 1.165) is 11.8 Å². The third-order valence-electron chi connectivity index (χ3n) is 5.62. The summed E-state index contributed by atoms with van der Waals surface area (Å²) < 4.78 is 95.4. The fourth-order valence-corrected chi connectivity index (χ4v) is 4.36. The maximum atomic E-state index is 14.3. The molecular weight excluding hydrogens is 487 g/mol. The number of aliphatic hydroxyl groups excluding tert-OH is 1. The average molecular weight is 528 g/mol. The van der Waals surface area contributed by atoms with Crippen molar-refractivity contribution in [2.45, 2.75) is 74.4 Å². The molecule has 6 atom stereocenters. The van der Waals surface area contributed by atoms with Crippen molar-refractivity contribution in [2.24, 2.45) is 0 Å². The predicted octanol–water partition coefficient (Wildman–Crippen LogP) is 2.18. The lowest BCUT2D eigenvalue weighted by Gasteiger charge is -2.17. The Balaban J connectivity index is 1.65. The number of benzene rings is 1. The van der Waals surface area contributed by atoms with Gasteiger partial charge in [0.1, 0.15) is 18.0 Å². The fourth-order valence-electron chi connectivity index (χ4n) is 3.66. The summed E-state index contributed by atoms with van der Waals surface area (Å²) in [5.74, 6) is -0.509. The molecule has 12 heteroatoms. The van der Waals surface area contributed by atoms with E-state index in [4.69, 9.17) is 17.1 Å². The van der Waals surface area contributed by atoms with Crippen molar-refractivity contribution in [3.63, 3.8) is 0 Å². The number of anilines is 1. The average Bonchev–Trinajstić information content (AvgIpc) is 3.40. The zero-order valence-electron chi connectivity index (χ0n) is 28.4. The van der Waals surface area contributed by atoms with E-state index in [9.17, 15) is 19.7 Å². The Bertz CT molecular complexity index is 1650. The van der Waals surface area contributed by atoms with E-state index < -0.39 is 67.2 Å². The first-order chi connectivity index (χ1) is 20.6. The Morgan fingerprint density at radius 2 is 2.19 bits per heavy atom. The minimum atomic E-state index is -4.06. The lowest BCUT2D eigenvalue weighted by atomic mass is 10.1. The van der Waals surface area contributed by atoms with Crippen LogP contribution in [0.2, 0.25) is 0 Å². The summed E-state index contributed by atoms with van der Waals surface area (Å²) in [6.07, 6.45) is -14.9. The normalized spacial score (nSPS) is 43.3. The summed E-state index contributed by atoms with van der Waals surface area (Å²) in [7, 11) is 0. The first-order valence-electron chi connectivity index (χ1n) is 15.7. The van der Waals surface area contributed by atoms with E-state index in [1.807, 2.05) is 6.92 Å². The van der Waals surface area contributed by atoms with Crippen LogP contribution in [0.15, 0.2) is 23.4 Å². The second-order valence-electron chi connectivity index (χ2n) is 8.20. The molecule has 0 saturated heterocycles. The minimum absolute atomic E-state index is 0.0272. The van der Waals surface area contributed by atoms with Crippen LogP contribution in [-0.4, -0.2) is 83.5 Å². The molecular formula is C24H31FN6O4S. The second kappa shape index (κ2) is 10.5. The monoisotopic (exact) mass is 527 g/mol. The molecule has 2 fully saturated rings. The number of nitrogens with one attached hydrogen (secondary N) is 1. The molecule has 36 heavy (non-hydrogen) atoms. The SMILES string of the molecule is [2H]C([2H])(CO)O[C@@]1([2H])C([2H])([2H])[C@@]([2H])(n2nnc3c(N[C@]4([2H])C[C@H]4c4ccc(C)c(F)c4)nc(SCCC)nc32)[C@]([2H])(O)[C@]1([2H])O. The molecule has 10 nitrogen and oxygen atoms in total. The van der Waals surface area contributed by atoms with Crippen LogP contribution < -0.4 is 5.32 Å². The molecule has 194 valence electrons. The molecule has 2 heterocycles. The summed E-state index contributed by atoms with van der Waals surface area (Å²) in [5.41, 5.74) is 0.254. The molecule has 0 amide bonds. The van der Waals surface area contributed by atoms with Crippen LogP contribution in [0.25, 0.3) is 11.2 Å². The van der Waals surface area contributed by atoms with Crippen molar-refractivity contribution in [3.05, 3.63) is 35.1 Å². The first-order valence-corrected chi connectivity index (χ1v) is 12.2. The van der Waals surface area contributed by atoms with Crippen LogP contribution in [0.5, 0.6) is 0 Å². The Labute approximate surface area is 224 Å². The molecule has 3 aromatic rings. The zero-order chi connectivity index (χ0) is 33.6. The fraction of sp³-hybridized carbons (Fsp3) is 0.583. The summed E-state index contributed by atoms with van der Waals surface area (Å²) in [4.78, 5) is 8.70. The molecule has 0 aliphatic heterocycles. The van der Waals surface area contributed by atoms with E-state index >= 15 is 0 Å². The third kappa shape index (κ3) is 4.92. The Kier molecular flexibility index (Phi) is 4.82. The van der Waals surface area contributed by atoms with Gasteiger partial charge in [0.05, 0.1) is 34.9 Å². The highest BCUT2D eigenvalue weighted by molar-refractivity contribution is 7.99. The number of ether oxygens (including phenoxy) is 1. The number of aliphatic hydroxyl groups is 3. The number of hydrogen-bond acceptors (Lipinski definition) is 10. The Morgan fingerprint density at radius 1 is 1.36 bits per heavy atom. The molecule has 2 aromatic heterocycles. The predicted molar refractivity (Wildman–Crippen MR) is 133 cm³/mol. The smallest absolute Gasteiger partial charge is 0.191 e. The molecule has 0 bridgehead atoms. The summed E-state index contributed by atoms with van der Waals surface area (Å²) in [6, 6.07) is -0.427. The quantitative estimate of drug-likeness (QED) is 0.229. The number of rotatable bonds is 10. The molecule has 1 aromatic carbocycles. The summed E-state index contributed by atoms with van der Waals surface area (Å²) >= 11 is 1.13. The molecule has 0 spiro atoms. The number of fused-ring (bicyclic) bond motifs is 1.